The van der Waals surface area contributed by atoms with Gasteiger partial charge in [-0.25, -0.2) is 4.79 Å². The van der Waals surface area contributed by atoms with Gasteiger partial charge in [-0.15, -0.1) is 0 Å². The van der Waals surface area contributed by atoms with Gasteiger partial charge in [-0.05, 0) is 48.5 Å². The Hall–Kier alpha value is -1.22. The normalized spacial score (nSPS) is 36.2. The van der Waals surface area contributed by atoms with Crippen molar-refractivity contribution in [2.24, 2.45) is 0 Å². The molecule has 0 N–H and O–H groups in total. The molecule has 0 aromatic heterocycles. The lowest BCUT2D eigenvalue weighted by Gasteiger charge is -2.32. The Labute approximate surface area is 154 Å². The summed E-state index contributed by atoms with van der Waals surface area (Å²) in [6.07, 6.45) is -1.74. The molecule has 0 unspecified atom stereocenters. The smallest absolute Gasteiger partial charge is 0.328 e. The van der Waals surface area contributed by atoms with Gasteiger partial charge in [0.15, 0.2) is 12.1 Å². The third-order valence-corrected chi connectivity index (χ3v) is 5.20. The predicted molar refractivity (Wildman–Crippen MR) is 92.3 cm³/mol. The molecule has 8 nitrogen and oxygen atoms in total. The van der Waals surface area contributed by atoms with Crippen molar-refractivity contribution >= 4 is 11.9 Å². The SMILES string of the molecule is CO[C@@H]1O[C@H](CN2C(=O)N(C(C)(C)C)C(=O)C2(C)C)[C@H]2OC(C)(C)O[C@@H]12. The first-order valence-electron chi connectivity index (χ1n) is 9.00. The Morgan fingerprint density at radius 1 is 1.08 bits per heavy atom. The fraction of sp³-hybridized carbons (Fsp3) is 0.889. The van der Waals surface area contributed by atoms with Crippen molar-refractivity contribution < 1.29 is 28.5 Å². The van der Waals surface area contributed by atoms with Crippen LogP contribution in [0.4, 0.5) is 4.79 Å². The van der Waals surface area contributed by atoms with Gasteiger partial charge in [-0.3, -0.25) is 9.69 Å². The summed E-state index contributed by atoms with van der Waals surface area (Å²) < 4.78 is 23.2. The third-order valence-electron chi connectivity index (χ3n) is 5.20. The minimum atomic E-state index is -0.955. The number of methoxy groups -OCH3 is 1. The molecule has 0 bridgehead atoms. The van der Waals surface area contributed by atoms with Crippen LogP contribution in [0.1, 0.15) is 48.5 Å². The van der Waals surface area contributed by atoms with E-state index in [-0.39, 0.29) is 30.7 Å². The first kappa shape index (κ1) is 19.5. The highest BCUT2D eigenvalue weighted by atomic mass is 16.8. The van der Waals surface area contributed by atoms with E-state index in [2.05, 4.69) is 0 Å². The molecule has 0 aliphatic carbocycles. The van der Waals surface area contributed by atoms with Crippen LogP contribution in [-0.2, 0) is 23.7 Å². The molecule has 3 saturated heterocycles. The van der Waals surface area contributed by atoms with E-state index in [0.717, 1.165) is 0 Å². The average molecular weight is 370 g/mol. The monoisotopic (exact) mass is 370 g/mol. The van der Waals surface area contributed by atoms with E-state index in [1.165, 1.54) is 4.90 Å². The predicted octanol–water partition coefficient (Wildman–Crippen LogP) is 1.72. The molecular formula is C18H30N2O6. The molecule has 3 amide bonds. The summed E-state index contributed by atoms with van der Waals surface area (Å²) >= 11 is 0. The third kappa shape index (κ3) is 2.93. The molecular weight excluding hydrogens is 340 g/mol. The number of hydrogen-bond donors (Lipinski definition) is 0. The molecule has 0 aromatic carbocycles. The Bertz CT molecular complexity index is 611. The van der Waals surface area contributed by atoms with Gasteiger partial charge in [0, 0.05) is 12.6 Å². The summed E-state index contributed by atoms with van der Waals surface area (Å²) in [6.45, 7) is 13.0. The fourth-order valence-corrected chi connectivity index (χ4v) is 3.89. The van der Waals surface area contributed by atoms with E-state index in [4.69, 9.17) is 18.9 Å². The van der Waals surface area contributed by atoms with Crippen LogP contribution in [-0.4, -0.2) is 76.9 Å². The van der Waals surface area contributed by atoms with E-state index in [0.29, 0.717) is 0 Å². The van der Waals surface area contributed by atoms with Crippen molar-refractivity contribution in [3.63, 3.8) is 0 Å². The lowest BCUT2D eigenvalue weighted by molar-refractivity contribution is -0.228. The molecule has 3 aliphatic heterocycles. The molecule has 8 heteroatoms. The second-order valence-electron chi connectivity index (χ2n) is 9.11. The van der Waals surface area contributed by atoms with Crippen molar-refractivity contribution in [1.82, 2.24) is 9.80 Å². The molecule has 0 saturated carbocycles. The average Bonchev–Trinajstić information content (AvgIpc) is 3.01. The van der Waals surface area contributed by atoms with E-state index in [1.807, 2.05) is 34.6 Å². The standard InChI is InChI=1S/C18H30N2O6/c1-16(2,3)20-14(21)17(4,5)19(15(20)22)9-10-11-12(13(23-8)24-10)26-18(6,7)25-11/h10-13H,9H2,1-8H3/t10-,11-,12-,13-/m1/s1. The largest absolute Gasteiger partial charge is 0.353 e. The Balaban J connectivity index is 1.84. The number of ether oxygens (including phenoxy) is 4. The minimum absolute atomic E-state index is 0.211. The fourth-order valence-electron chi connectivity index (χ4n) is 3.89. The van der Waals surface area contributed by atoms with Crippen LogP contribution in [0.5, 0.6) is 0 Å². The molecule has 0 aromatic rings. The lowest BCUT2D eigenvalue weighted by atomic mass is 10.00. The van der Waals surface area contributed by atoms with Crippen molar-refractivity contribution in [3.8, 4) is 0 Å². The van der Waals surface area contributed by atoms with Crippen molar-refractivity contribution in [2.45, 2.75) is 89.9 Å². The van der Waals surface area contributed by atoms with Gasteiger partial charge in [0.1, 0.15) is 23.9 Å². The maximum atomic E-state index is 13.0. The van der Waals surface area contributed by atoms with Crippen molar-refractivity contribution in [1.29, 1.82) is 0 Å². The zero-order chi connectivity index (χ0) is 19.7. The second kappa shape index (κ2) is 5.89. The van der Waals surface area contributed by atoms with Crippen molar-refractivity contribution in [3.05, 3.63) is 0 Å². The second-order valence-corrected chi connectivity index (χ2v) is 9.11. The topological polar surface area (TPSA) is 77.5 Å². The summed E-state index contributed by atoms with van der Waals surface area (Å²) in [5.41, 5.74) is -1.55. The van der Waals surface area contributed by atoms with Crippen LogP contribution in [0.25, 0.3) is 0 Å². The number of amides is 3. The number of carbonyl (C=O) groups is 2. The van der Waals surface area contributed by atoms with E-state index in [1.54, 1.807) is 25.9 Å². The molecule has 0 spiro atoms. The molecule has 26 heavy (non-hydrogen) atoms. The van der Waals surface area contributed by atoms with Gasteiger partial charge in [0.2, 0.25) is 0 Å². The number of imide groups is 1. The number of urea groups is 1. The minimum Gasteiger partial charge on any atom is -0.353 e. The van der Waals surface area contributed by atoms with Gasteiger partial charge >= 0.3 is 6.03 Å². The number of nitrogens with zero attached hydrogens (tertiary/aromatic N) is 2. The molecule has 3 aliphatic rings. The molecule has 3 heterocycles. The molecule has 3 fully saturated rings. The van der Waals surface area contributed by atoms with Gasteiger partial charge in [0.05, 0.1) is 6.54 Å². The zero-order valence-electron chi connectivity index (χ0n) is 16.9. The highest BCUT2D eigenvalue weighted by molar-refractivity contribution is 6.07. The van der Waals surface area contributed by atoms with Crippen LogP contribution in [0.3, 0.4) is 0 Å². The first-order valence-corrected chi connectivity index (χ1v) is 9.00. The van der Waals surface area contributed by atoms with E-state index in [9.17, 15) is 9.59 Å². The Morgan fingerprint density at radius 3 is 2.15 bits per heavy atom. The molecule has 0 radical (unpaired) electrons. The molecule has 148 valence electrons. The van der Waals surface area contributed by atoms with E-state index >= 15 is 0 Å². The number of carbonyl (C=O) groups excluding carboxylic acids is 2. The summed E-state index contributed by atoms with van der Waals surface area (Å²) in [6, 6.07) is -0.313. The quantitative estimate of drug-likeness (QED) is 0.704. The number of fused-ring (bicyclic) bond motifs is 1. The highest BCUT2D eigenvalue weighted by Crippen LogP contribution is 2.41. The van der Waals surface area contributed by atoms with Crippen LogP contribution in [0.15, 0.2) is 0 Å². The Kier molecular flexibility index (Phi) is 4.42. The Morgan fingerprint density at radius 2 is 1.65 bits per heavy atom. The summed E-state index contributed by atoms with van der Waals surface area (Å²) in [7, 11) is 1.55. The maximum absolute atomic E-state index is 13.0. The van der Waals surface area contributed by atoms with Gasteiger partial charge in [-0.2, -0.15) is 0 Å². The van der Waals surface area contributed by atoms with Crippen molar-refractivity contribution in [2.75, 3.05) is 13.7 Å². The molecule has 3 rings (SSSR count). The van der Waals surface area contributed by atoms with Crippen LogP contribution >= 0.6 is 0 Å². The summed E-state index contributed by atoms with van der Waals surface area (Å²) in [4.78, 5) is 28.8. The zero-order valence-corrected chi connectivity index (χ0v) is 16.9. The number of hydrogen-bond acceptors (Lipinski definition) is 6. The lowest BCUT2D eigenvalue weighted by Crippen LogP contribution is -2.50. The van der Waals surface area contributed by atoms with E-state index < -0.39 is 29.3 Å². The van der Waals surface area contributed by atoms with Crippen LogP contribution in [0, 0.1) is 0 Å². The van der Waals surface area contributed by atoms with Gasteiger partial charge in [-0.1, -0.05) is 0 Å². The molecule has 4 atom stereocenters. The van der Waals surface area contributed by atoms with Gasteiger partial charge in [0.25, 0.3) is 5.91 Å². The van der Waals surface area contributed by atoms with Gasteiger partial charge < -0.3 is 23.8 Å². The highest BCUT2D eigenvalue weighted by Gasteiger charge is 2.60. The first-order chi connectivity index (χ1) is 11.8. The summed E-state index contributed by atoms with van der Waals surface area (Å²) in [5.74, 6) is -0.955. The summed E-state index contributed by atoms with van der Waals surface area (Å²) in [5, 5.41) is 0. The van der Waals surface area contributed by atoms with Crippen LogP contribution in [0.2, 0.25) is 0 Å². The maximum Gasteiger partial charge on any atom is 0.328 e. The number of rotatable bonds is 3. The van der Waals surface area contributed by atoms with Crippen LogP contribution < -0.4 is 0 Å².